The van der Waals surface area contributed by atoms with Gasteiger partial charge >= 0.3 is 23.7 Å². The number of ether oxygens (including phenoxy) is 3. The second-order valence-electron chi connectivity index (χ2n) is 9.80. The molecule has 49 heavy (non-hydrogen) atoms. The Hall–Kier alpha value is -6.36. The second-order valence-corrected chi connectivity index (χ2v) is 9.80. The molecular weight excluding hydrogens is 666 g/mol. The Bertz CT molecular complexity index is 1910. The van der Waals surface area contributed by atoms with Crippen molar-refractivity contribution in [2.24, 2.45) is 0 Å². The van der Waals surface area contributed by atoms with Crippen molar-refractivity contribution in [3.8, 4) is 57.4 Å². The molecule has 0 amide bonds. The number of nitriles is 2. The van der Waals surface area contributed by atoms with Crippen molar-refractivity contribution in [2.45, 2.75) is 26.2 Å². The highest BCUT2D eigenvalue weighted by Gasteiger charge is 2.35. The molecule has 17 heteroatoms. The fourth-order valence-electron chi connectivity index (χ4n) is 4.84. The van der Waals surface area contributed by atoms with Gasteiger partial charge in [-0.05, 0) is 50.2 Å². The van der Waals surface area contributed by atoms with Gasteiger partial charge in [-0.15, -0.1) is 0 Å². The van der Waals surface area contributed by atoms with Gasteiger partial charge in [0.15, 0.2) is 0 Å². The van der Waals surface area contributed by atoms with Gasteiger partial charge in [-0.1, -0.05) is 12.1 Å². The monoisotopic (exact) mass is 686 g/mol. The Labute approximate surface area is 272 Å². The van der Waals surface area contributed by atoms with Crippen LogP contribution in [0.5, 0.6) is 23.0 Å². The molecule has 0 atom stereocenters. The zero-order chi connectivity index (χ0) is 36.3. The third kappa shape index (κ3) is 7.15. The number of hydrogen-bond acceptors (Lipinski definition) is 9. The van der Waals surface area contributed by atoms with Crippen molar-refractivity contribution in [1.82, 2.24) is 0 Å². The Morgan fingerprint density at radius 3 is 1.31 bits per heavy atom. The zero-order valence-corrected chi connectivity index (χ0v) is 25.1. The van der Waals surface area contributed by atoms with E-state index in [0.29, 0.717) is 24.3 Å². The van der Waals surface area contributed by atoms with E-state index in [1.165, 1.54) is 13.8 Å². The third-order valence-corrected chi connectivity index (χ3v) is 6.86. The molecule has 0 spiro atoms. The molecule has 4 aromatic carbocycles. The lowest BCUT2D eigenvalue weighted by Crippen LogP contribution is -2.07. The Morgan fingerprint density at radius 1 is 0.653 bits per heavy atom. The van der Waals surface area contributed by atoms with E-state index < -0.39 is 67.3 Å². The smallest absolute Gasteiger partial charge is 0.416 e. The third-order valence-electron chi connectivity index (χ3n) is 6.86. The number of nitro benzene ring substituents is 2. The molecule has 0 fully saturated rings. The van der Waals surface area contributed by atoms with Gasteiger partial charge in [0.2, 0.25) is 11.5 Å². The summed E-state index contributed by atoms with van der Waals surface area (Å²) in [4.78, 5) is 22.3. The van der Waals surface area contributed by atoms with E-state index in [1.807, 2.05) is 0 Å². The normalized spacial score (nSPS) is 11.3. The summed E-state index contributed by atoms with van der Waals surface area (Å²) < 4.78 is 98.4. The lowest BCUT2D eigenvalue weighted by molar-refractivity contribution is -0.385. The fraction of sp³-hybridized carbons (Fsp3) is 0.188. The van der Waals surface area contributed by atoms with Crippen molar-refractivity contribution < 1.29 is 50.4 Å². The van der Waals surface area contributed by atoms with Gasteiger partial charge < -0.3 is 14.2 Å². The highest BCUT2D eigenvalue weighted by molar-refractivity contribution is 5.88. The van der Waals surface area contributed by atoms with E-state index in [4.69, 9.17) is 14.2 Å². The highest BCUT2D eigenvalue weighted by Crippen LogP contribution is 2.52. The van der Waals surface area contributed by atoms with Gasteiger partial charge in [0.25, 0.3) is 0 Å². The van der Waals surface area contributed by atoms with Crippen molar-refractivity contribution in [2.75, 3.05) is 13.2 Å². The van der Waals surface area contributed by atoms with Crippen LogP contribution in [-0.2, 0) is 12.4 Å². The molecule has 0 bridgehead atoms. The summed E-state index contributed by atoms with van der Waals surface area (Å²) in [6.45, 7) is 2.51. The van der Waals surface area contributed by atoms with Crippen molar-refractivity contribution in [3.05, 3.63) is 103 Å². The molecular formula is C32H20F6N4O7. The van der Waals surface area contributed by atoms with Gasteiger partial charge in [0, 0.05) is 23.3 Å². The number of nitro groups is 2. The Balaban J connectivity index is 2.12. The predicted molar refractivity (Wildman–Crippen MR) is 159 cm³/mol. The van der Waals surface area contributed by atoms with E-state index >= 15 is 0 Å². The van der Waals surface area contributed by atoms with E-state index in [2.05, 4.69) is 0 Å². The molecule has 252 valence electrons. The van der Waals surface area contributed by atoms with Gasteiger partial charge in [0.1, 0.15) is 11.5 Å². The van der Waals surface area contributed by atoms with Gasteiger partial charge in [-0.25, -0.2) is 0 Å². The number of benzene rings is 4. The molecule has 0 unspecified atom stereocenters. The summed E-state index contributed by atoms with van der Waals surface area (Å²) in [6.07, 6.45) is -9.73. The average molecular weight is 687 g/mol. The summed E-state index contributed by atoms with van der Waals surface area (Å²) >= 11 is 0. The molecule has 0 aliphatic rings. The first kappa shape index (κ1) is 35.5. The maximum atomic E-state index is 13.5. The molecule has 0 N–H and O–H groups in total. The predicted octanol–water partition coefficient (Wildman–Crippen LogP) is 9.21. The minimum atomic E-state index is -4.86. The van der Waals surface area contributed by atoms with Crippen LogP contribution in [0.4, 0.5) is 37.7 Å². The van der Waals surface area contributed by atoms with Crippen molar-refractivity contribution in [3.63, 3.8) is 0 Å². The molecule has 0 saturated heterocycles. The molecule has 4 rings (SSSR count). The van der Waals surface area contributed by atoms with E-state index in [9.17, 15) is 57.1 Å². The molecule has 0 aliphatic carbocycles. The number of rotatable bonds is 10. The van der Waals surface area contributed by atoms with Crippen LogP contribution in [0.25, 0.3) is 22.3 Å². The zero-order valence-electron chi connectivity index (χ0n) is 25.1. The standard InChI is InChI=1S/C32H20F6N4O7/c1-3-47-29-23(41(43)44)9-11-25(27(29)21-7-5-19(31(33,34)35)13-17(21)15-39)49-26-12-10-24(42(45)46)30(48-4-2)28(26)22-8-6-20(32(36,37)38)14-18(22)16-40/h5-14H,3-4H2,1-2H3. The summed E-state index contributed by atoms with van der Waals surface area (Å²) in [5.74, 6) is -1.79. The van der Waals surface area contributed by atoms with Gasteiger partial charge in [-0.3, -0.25) is 20.2 Å². The summed E-state index contributed by atoms with van der Waals surface area (Å²) in [5.41, 5.74) is -6.23. The molecule has 0 aliphatic heterocycles. The summed E-state index contributed by atoms with van der Waals surface area (Å²) in [6, 6.07) is 11.2. The summed E-state index contributed by atoms with van der Waals surface area (Å²) in [5, 5.41) is 43.7. The highest BCUT2D eigenvalue weighted by atomic mass is 19.4. The quantitative estimate of drug-likeness (QED) is 0.0899. The van der Waals surface area contributed by atoms with Crippen molar-refractivity contribution in [1.29, 1.82) is 10.5 Å². The van der Waals surface area contributed by atoms with Crippen LogP contribution in [0.3, 0.4) is 0 Å². The van der Waals surface area contributed by atoms with Crippen LogP contribution in [0.15, 0.2) is 60.7 Å². The first-order valence-corrected chi connectivity index (χ1v) is 13.9. The largest absolute Gasteiger partial charge is 0.487 e. The molecule has 0 heterocycles. The van der Waals surface area contributed by atoms with Crippen molar-refractivity contribution >= 4 is 11.4 Å². The number of halogens is 6. The lowest BCUT2D eigenvalue weighted by atomic mass is 9.94. The van der Waals surface area contributed by atoms with Gasteiger partial charge in [0.05, 0.1) is 68.6 Å². The first-order valence-electron chi connectivity index (χ1n) is 13.9. The van der Waals surface area contributed by atoms with Crippen LogP contribution in [0, 0.1) is 42.9 Å². The first-order chi connectivity index (χ1) is 23.1. The fourth-order valence-corrected chi connectivity index (χ4v) is 4.84. The van der Waals surface area contributed by atoms with E-state index in [-0.39, 0.29) is 47.0 Å². The maximum absolute atomic E-state index is 13.5. The minimum Gasteiger partial charge on any atom is -0.487 e. The molecule has 0 radical (unpaired) electrons. The van der Waals surface area contributed by atoms with E-state index in [0.717, 1.165) is 36.4 Å². The Kier molecular flexibility index (Phi) is 9.98. The molecule has 4 aromatic rings. The van der Waals surface area contributed by atoms with E-state index in [1.54, 1.807) is 12.1 Å². The lowest BCUT2D eigenvalue weighted by Gasteiger charge is -2.21. The molecule has 0 saturated carbocycles. The number of hydrogen-bond donors (Lipinski definition) is 0. The average Bonchev–Trinajstić information content (AvgIpc) is 3.03. The maximum Gasteiger partial charge on any atom is 0.416 e. The topological polar surface area (TPSA) is 162 Å². The minimum absolute atomic E-state index is 0.200. The SMILES string of the molecule is CCOc1c([N+](=O)[O-])ccc(Oc2ccc([N+](=O)[O-])c(OCC)c2-c2ccc(C(F)(F)F)cc2C#N)c1-c1ccc(C(F)(F)F)cc1C#N. The summed E-state index contributed by atoms with van der Waals surface area (Å²) in [7, 11) is 0. The number of alkyl halides is 6. The number of nitrogens with zero attached hydrogens (tertiary/aromatic N) is 4. The van der Waals surface area contributed by atoms with Crippen LogP contribution < -0.4 is 14.2 Å². The Morgan fingerprint density at radius 2 is 1.02 bits per heavy atom. The van der Waals surface area contributed by atoms with Crippen LogP contribution >= 0.6 is 0 Å². The van der Waals surface area contributed by atoms with Crippen LogP contribution in [0.1, 0.15) is 36.1 Å². The second kappa shape index (κ2) is 13.8. The molecule has 11 nitrogen and oxygen atoms in total. The van der Waals surface area contributed by atoms with Crippen LogP contribution in [-0.4, -0.2) is 23.1 Å². The van der Waals surface area contributed by atoms with Crippen LogP contribution in [0.2, 0.25) is 0 Å². The van der Waals surface area contributed by atoms with Gasteiger partial charge in [-0.2, -0.15) is 36.9 Å². The molecule has 0 aromatic heterocycles.